The Hall–Kier alpha value is -2.04. The molecular formula is C19H28N2O3. The lowest BCUT2D eigenvalue weighted by atomic mass is 9.84. The first-order chi connectivity index (χ1) is 11.5. The van der Waals surface area contributed by atoms with E-state index in [4.69, 9.17) is 4.74 Å². The van der Waals surface area contributed by atoms with Crippen LogP contribution in [-0.4, -0.2) is 24.0 Å². The molecule has 0 heterocycles. The van der Waals surface area contributed by atoms with Crippen LogP contribution in [0.4, 0.5) is 5.69 Å². The van der Waals surface area contributed by atoms with E-state index in [0.29, 0.717) is 5.69 Å². The van der Waals surface area contributed by atoms with Crippen molar-refractivity contribution in [3.05, 3.63) is 24.3 Å². The fourth-order valence-corrected chi connectivity index (χ4v) is 3.04. The van der Waals surface area contributed by atoms with Gasteiger partial charge in [0, 0.05) is 11.7 Å². The molecule has 2 N–H and O–H groups in total. The summed E-state index contributed by atoms with van der Waals surface area (Å²) in [4.78, 5) is 24.0. The second kappa shape index (κ2) is 8.71. The Morgan fingerprint density at radius 2 is 1.71 bits per heavy atom. The summed E-state index contributed by atoms with van der Waals surface area (Å²) in [5.41, 5.74) is 0.584. The highest BCUT2D eigenvalue weighted by atomic mass is 16.5. The summed E-state index contributed by atoms with van der Waals surface area (Å²) in [6, 6.07) is 7.14. The Labute approximate surface area is 144 Å². The standard InChI is InChI=1S/C19H28N2O3/c1-4-14-5-7-15(8-6-14)20-18(22)19(23)21-16-9-11-17(12-10-16)24-13(2)3/h9-15H,4-8H2,1-3H3,(H,20,22)(H,21,23). The number of carbonyl (C=O) groups excluding carboxylic acids is 2. The van der Waals surface area contributed by atoms with Crippen LogP contribution in [0, 0.1) is 5.92 Å². The first-order valence-corrected chi connectivity index (χ1v) is 8.86. The molecule has 132 valence electrons. The van der Waals surface area contributed by atoms with Crippen molar-refractivity contribution in [2.45, 2.75) is 65.0 Å². The zero-order chi connectivity index (χ0) is 17.5. The number of hydrogen-bond donors (Lipinski definition) is 2. The fourth-order valence-electron chi connectivity index (χ4n) is 3.04. The zero-order valence-corrected chi connectivity index (χ0v) is 14.8. The molecule has 1 aromatic carbocycles. The van der Waals surface area contributed by atoms with Gasteiger partial charge in [-0.1, -0.05) is 13.3 Å². The summed E-state index contributed by atoms with van der Waals surface area (Å²) >= 11 is 0. The van der Waals surface area contributed by atoms with Gasteiger partial charge in [-0.25, -0.2) is 0 Å². The molecular weight excluding hydrogens is 304 g/mol. The number of anilines is 1. The average Bonchev–Trinajstić information content (AvgIpc) is 2.56. The largest absolute Gasteiger partial charge is 0.491 e. The number of ether oxygens (including phenoxy) is 1. The van der Waals surface area contributed by atoms with Crippen LogP contribution in [0.5, 0.6) is 5.75 Å². The summed E-state index contributed by atoms with van der Waals surface area (Å²) in [5, 5.41) is 5.47. The molecule has 24 heavy (non-hydrogen) atoms. The van der Waals surface area contributed by atoms with Crippen molar-refractivity contribution in [3.63, 3.8) is 0 Å². The highest BCUT2D eigenvalue weighted by molar-refractivity contribution is 6.39. The Morgan fingerprint density at radius 1 is 1.08 bits per heavy atom. The lowest BCUT2D eigenvalue weighted by Crippen LogP contribution is -2.43. The molecule has 0 unspecified atom stereocenters. The van der Waals surface area contributed by atoms with Gasteiger partial charge in [0.2, 0.25) is 0 Å². The third-order valence-electron chi connectivity index (χ3n) is 4.45. The van der Waals surface area contributed by atoms with Gasteiger partial charge >= 0.3 is 11.8 Å². The maximum Gasteiger partial charge on any atom is 0.313 e. The molecule has 0 spiro atoms. The van der Waals surface area contributed by atoms with Gasteiger partial charge < -0.3 is 15.4 Å². The third kappa shape index (κ3) is 5.55. The second-order valence-electron chi connectivity index (χ2n) is 6.74. The molecule has 0 bridgehead atoms. The van der Waals surface area contributed by atoms with Crippen LogP contribution < -0.4 is 15.4 Å². The first kappa shape index (κ1) is 18.3. The summed E-state index contributed by atoms with van der Waals surface area (Å²) < 4.78 is 5.55. The van der Waals surface area contributed by atoms with Gasteiger partial charge in [0.15, 0.2) is 0 Å². The summed E-state index contributed by atoms with van der Waals surface area (Å²) in [7, 11) is 0. The molecule has 1 aromatic rings. The summed E-state index contributed by atoms with van der Waals surface area (Å²) in [6.07, 6.45) is 5.45. The normalized spacial score (nSPS) is 20.5. The molecule has 2 rings (SSSR count). The van der Waals surface area contributed by atoms with Gasteiger partial charge in [-0.15, -0.1) is 0 Å². The van der Waals surface area contributed by atoms with Crippen LogP contribution >= 0.6 is 0 Å². The van der Waals surface area contributed by atoms with Crippen molar-refractivity contribution in [2.24, 2.45) is 5.92 Å². The van der Waals surface area contributed by atoms with Crippen LogP contribution in [-0.2, 0) is 9.59 Å². The molecule has 1 aliphatic rings. The summed E-state index contributed by atoms with van der Waals surface area (Å²) in [6.45, 7) is 6.11. The molecule has 1 saturated carbocycles. The van der Waals surface area contributed by atoms with Gasteiger partial charge in [-0.3, -0.25) is 9.59 Å². The van der Waals surface area contributed by atoms with Gasteiger partial charge in [0.1, 0.15) is 5.75 Å². The number of carbonyl (C=O) groups is 2. The number of benzene rings is 1. The number of nitrogens with one attached hydrogen (secondary N) is 2. The predicted molar refractivity (Wildman–Crippen MR) is 95.0 cm³/mol. The highest BCUT2D eigenvalue weighted by Crippen LogP contribution is 2.26. The Morgan fingerprint density at radius 3 is 2.25 bits per heavy atom. The van der Waals surface area contributed by atoms with Gasteiger partial charge in [-0.2, -0.15) is 0 Å². The number of hydrogen-bond acceptors (Lipinski definition) is 3. The fraction of sp³-hybridized carbons (Fsp3) is 0.579. The van der Waals surface area contributed by atoms with Gasteiger partial charge in [-0.05, 0) is 69.7 Å². The average molecular weight is 332 g/mol. The summed E-state index contributed by atoms with van der Waals surface area (Å²) in [5.74, 6) is 0.321. The van der Waals surface area contributed by atoms with Crippen molar-refractivity contribution >= 4 is 17.5 Å². The quantitative estimate of drug-likeness (QED) is 0.811. The maximum atomic E-state index is 12.0. The van der Waals surface area contributed by atoms with Crippen molar-refractivity contribution in [1.29, 1.82) is 0 Å². The molecule has 5 nitrogen and oxygen atoms in total. The Kier molecular flexibility index (Phi) is 6.64. The van der Waals surface area contributed by atoms with Crippen molar-refractivity contribution in [1.82, 2.24) is 5.32 Å². The van der Waals surface area contributed by atoms with E-state index in [1.807, 2.05) is 13.8 Å². The van der Waals surface area contributed by atoms with E-state index in [2.05, 4.69) is 17.6 Å². The Balaban J connectivity index is 1.80. The molecule has 5 heteroatoms. The topological polar surface area (TPSA) is 67.4 Å². The van der Waals surface area contributed by atoms with E-state index in [1.54, 1.807) is 24.3 Å². The number of rotatable bonds is 5. The maximum absolute atomic E-state index is 12.0. The van der Waals surface area contributed by atoms with Crippen LogP contribution in [0.1, 0.15) is 52.9 Å². The van der Waals surface area contributed by atoms with Crippen LogP contribution in [0.2, 0.25) is 0 Å². The predicted octanol–water partition coefficient (Wildman–Crippen LogP) is 3.50. The molecule has 0 radical (unpaired) electrons. The van der Waals surface area contributed by atoms with Crippen molar-refractivity contribution in [2.75, 3.05) is 5.32 Å². The molecule has 0 atom stereocenters. The van der Waals surface area contributed by atoms with Crippen LogP contribution in [0.15, 0.2) is 24.3 Å². The minimum absolute atomic E-state index is 0.0963. The second-order valence-corrected chi connectivity index (χ2v) is 6.74. The molecule has 1 aliphatic carbocycles. The molecule has 2 amide bonds. The lowest BCUT2D eigenvalue weighted by molar-refractivity contribution is -0.136. The molecule has 0 aromatic heterocycles. The third-order valence-corrected chi connectivity index (χ3v) is 4.45. The minimum atomic E-state index is -0.620. The first-order valence-electron chi connectivity index (χ1n) is 8.86. The molecule has 0 aliphatic heterocycles. The van der Waals surface area contributed by atoms with E-state index in [1.165, 1.54) is 6.42 Å². The van der Waals surface area contributed by atoms with E-state index in [0.717, 1.165) is 37.4 Å². The van der Waals surface area contributed by atoms with E-state index < -0.39 is 11.8 Å². The van der Waals surface area contributed by atoms with E-state index in [9.17, 15) is 9.59 Å². The Bertz CT molecular complexity index is 546. The monoisotopic (exact) mass is 332 g/mol. The number of amides is 2. The van der Waals surface area contributed by atoms with Gasteiger partial charge in [0.05, 0.1) is 6.10 Å². The highest BCUT2D eigenvalue weighted by Gasteiger charge is 2.23. The van der Waals surface area contributed by atoms with Gasteiger partial charge in [0.25, 0.3) is 0 Å². The van der Waals surface area contributed by atoms with Crippen LogP contribution in [0.25, 0.3) is 0 Å². The lowest BCUT2D eigenvalue weighted by Gasteiger charge is -2.28. The molecule has 0 saturated heterocycles. The zero-order valence-electron chi connectivity index (χ0n) is 14.8. The van der Waals surface area contributed by atoms with Crippen molar-refractivity contribution < 1.29 is 14.3 Å². The van der Waals surface area contributed by atoms with E-state index >= 15 is 0 Å². The molecule has 1 fully saturated rings. The SMILES string of the molecule is CCC1CCC(NC(=O)C(=O)Nc2ccc(OC(C)C)cc2)CC1. The minimum Gasteiger partial charge on any atom is -0.491 e. The smallest absolute Gasteiger partial charge is 0.313 e. The van der Waals surface area contributed by atoms with Crippen molar-refractivity contribution in [3.8, 4) is 5.75 Å². The van der Waals surface area contributed by atoms with Crippen LogP contribution in [0.3, 0.4) is 0 Å². The van der Waals surface area contributed by atoms with E-state index in [-0.39, 0.29) is 12.1 Å².